The second kappa shape index (κ2) is 7.43. The summed E-state index contributed by atoms with van der Waals surface area (Å²) in [5.41, 5.74) is -1.14. The van der Waals surface area contributed by atoms with E-state index in [0.717, 1.165) is 23.6 Å². The third kappa shape index (κ3) is 3.95. The van der Waals surface area contributed by atoms with Crippen molar-refractivity contribution in [3.63, 3.8) is 0 Å². The molecule has 1 aromatic carbocycles. The highest BCUT2D eigenvalue weighted by molar-refractivity contribution is 6.36. The molecule has 1 aromatic heterocycles. The fourth-order valence-corrected chi connectivity index (χ4v) is 3.07. The molecule has 0 aliphatic carbocycles. The van der Waals surface area contributed by atoms with Gasteiger partial charge < -0.3 is 15.0 Å². The van der Waals surface area contributed by atoms with Gasteiger partial charge in [-0.3, -0.25) is 14.2 Å². The molecular formula is C16H15Cl2N3O4. The summed E-state index contributed by atoms with van der Waals surface area (Å²) in [7, 11) is 0. The zero-order chi connectivity index (χ0) is 18.0. The van der Waals surface area contributed by atoms with Crippen LogP contribution in [0.25, 0.3) is 0 Å². The van der Waals surface area contributed by atoms with Crippen LogP contribution in [0.1, 0.15) is 23.2 Å². The lowest BCUT2D eigenvalue weighted by atomic mass is 10.2. The quantitative estimate of drug-likeness (QED) is 0.846. The van der Waals surface area contributed by atoms with Gasteiger partial charge in [0.05, 0.1) is 23.4 Å². The number of carbonyl (C=O) groups excluding carboxylic acids is 1. The minimum absolute atomic E-state index is 0.108. The van der Waals surface area contributed by atoms with Gasteiger partial charge in [0.2, 0.25) is 0 Å². The number of ether oxygens (including phenoxy) is 1. The monoisotopic (exact) mass is 383 g/mol. The summed E-state index contributed by atoms with van der Waals surface area (Å²) in [5.74, 6) is -0.674. The van der Waals surface area contributed by atoms with Gasteiger partial charge in [-0.15, -0.1) is 0 Å². The van der Waals surface area contributed by atoms with Gasteiger partial charge in [0.15, 0.2) is 0 Å². The Morgan fingerprint density at radius 1 is 1.36 bits per heavy atom. The van der Waals surface area contributed by atoms with E-state index in [1.165, 1.54) is 12.1 Å². The van der Waals surface area contributed by atoms with E-state index in [0.29, 0.717) is 17.3 Å². The molecular weight excluding hydrogens is 369 g/mol. The van der Waals surface area contributed by atoms with E-state index >= 15 is 0 Å². The van der Waals surface area contributed by atoms with Crippen LogP contribution in [0.15, 0.2) is 34.0 Å². The summed E-state index contributed by atoms with van der Waals surface area (Å²) in [6, 6.07) is 4.56. The van der Waals surface area contributed by atoms with Crippen LogP contribution in [0.5, 0.6) is 0 Å². The van der Waals surface area contributed by atoms with Crippen molar-refractivity contribution in [2.75, 3.05) is 11.9 Å². The molecule has 132 valence electrons. The number of nitrogens with one attached hydrogen (secondary N) is 2. The molecule has 3 rings (SSSR count). The first-order valence-corrected chi connectivity index (χ1v) is 8.42. The fraction of sp³-hybridized carbons (Fsp3) is 0.312. The second-order valence-corrected chi connectivity index (χ2v) is 6.48. The normalized spacial score (nSPS) is 16.8. The minimum atomic E-state index is -0.679. The van der Waals surface area contributed by atoms with E-state index in [1.54, 1.807) is 6.07 Å². The summed E-state index contributed by atoms with van der Waals surface area (Å²) in [5, 5.41) is 3.20. The standard InChI is InChI=1S/C16H15Cl2N3O4/c17-9-3-4-13(12(18)6-9)20-14(22)11-7-19-16(24)21(15(11)23)8-10-2-1-5-25-10/h3-4,6-7,10H,1-2,5,8H2,(H,19,24)(H,20,22). The van der Waals surface area contributed by atoms with Crippen molar-refractivity contribution in [3.8, 4) is 0 Å². The van der Waals surface area contributed by atoms with Crippen LogP contribution < -0.4 is 16.6 Å². The number of hydrogen-bond donors (Lipinski definition) is 2. The number of anilines is 1. The molecule has 2 heterocycles. The molecule has 1 atom stereocenters. The van der Waals surface area contributed by atoms with E-state index in [1.807, 2.05) is 0 Å². The van der Waals surface area contributed by atoms with Crippen LogP contribution in [-0.4, -0.2) is 28.2 Å². The third-order valence-corrected chi connectivity index (χ3v) is 4.44. The number of benzene rings is 1. The van der Waals surface area contributed by atoms with Crippen LogP contribution in [0, 0.1) is 0 Å². The maximum atomic E-state index is 12.5. The number of carbonyl (C=O) groups is 1. The highest BCUT2D eigenvalue weighted by Crippen LogP contribution is 2.25. The van der Waals surface area contributed by atoms with E-state index in [9.17, 15) is 14.4 Å². The molecule has 9 heteroatoms. The number of aromatic amines is 1. The molecule has 2 N–H and O–H groups in total. The SMILES string of the molecule is O=C(Nc1ccc(Cl)cc1Cl)c1c[nH]c(=O)n(CC2CCCO2)c1=O. The molecule has 0 spiro atoms. The first kappa shape index (κ1) is 17.7. The van der Waals surface area contributed by atoms with Gasteiger partial charge in [0.25, 0.3) is 11.5 Å². The zero-order valence-corrected chi connectivity index (χ0v) is 14.6. The van der Waals surface area contributed by atoms with Crippen molar-refractivity contribution in [1.29, 1.82) is 0 Å². The minimum Gasteiger partial charge on any atom is -0.376 e. The molecule has 0 radical (unpaired) electrons. The van der Waals surface area contributed by atoms with Crippen LogP contribution in [0.3, 0.4) is 0 Å². The van der Waals surface area contributed by atoms with Gasteiger partial charge in [0, 0.05) is 17.8 Å². The molecule has 0 bridgehead atoms. The number of nitrogens with zero attached hydrogens (tertiary/aromatic N) is 1. The van der Waals surface area contributed by atoms with Crippen molar-refractivity contribution in [2.24, 2.45) is 0 Å². The van der Waals surface area contributed by atoms with Gasteiger partial charge >= 0.3 is 5.69 Å². The second-order valence-electron chi connectivity index (χ2n) is 5.64. The van der Waals surface area contributed by atoms with Crippen molar-refractivity contribution in [2.45, 2.75) is 25.5 Å². The Morgan fingerprint density at radius 2 is 2.16 bits per heavy atom. The topological polar surface area (TPSA) is 93.2 Å². The molecule has 7 nitrogen and oxygen atoms in total. The summed E-state index contributed by atoms with van der Waals surface area (Å²) < 4.78 is 6.43. The number of rotatable bonds is 4. The average Bonchev–Trinajstić information content (AvgIpc) is 3.07. The van der Waals surface area contributed by atoms with Crippen LogP contribution in [-0.2, 0) is 11.3 Å². The highest BCUT2D eigenvalue weighted by Gasteiger charge is 2.21. The summed E-state index contributed by atoms with van der Waals surface area (Å²) >= 11 is 11.8. The molecule has 1 amide bonds. The van der Waals surface area contributed by atoms with Crippen LogP contribution >= 0.6 is 23.2 Å². The van der Waals surface area contributed by atoms with Gasteiger partial charge in [-0.25, -0.2) is 4.79 Å². The Morgan fingerprint density at radius 3 is 2.84 bits per heavy atom. The summed E-state index contributed by atoms with van der Waals surface area (Å²) in [6.07, 6.45) is 2.54. The van der Waals surface area contributed by atoms with E-state index in [2.05, 4.69) is 10.3 Å². The largest absolute Gasteiger partial charge is 0.376 e. The fourth-order valence-electron chi connectivity index (χ4n) is 2.61. The Kier molecular flexibility index (Phi) is 5.27. The van der Waals surface area contributed by atoms with Crippen molar-refractivity contribution < 1.29 is 9.53 Å². The van der Waals surface area contributed by atoms with E-state index < -0.39 is 17.2 Å². The van der Waals surface area contributed by atoms with Crippen LogP contribution in [0.4, 0.5) is 5.69 Å². The number of H-pyrrole nitrogens is 1. The first-order valence-electron chi connectivity index (χ1n) is 7.66. The zero-order valence-electron chi connectivity index (χ0n) is 13.1. The Balaban J connectivity index is 1.87. The lowest BCUT2D eigenvalue weighted by molar-refractivity contribution is 0.0941. The molecule has 1 fully saturated rings. The molecule has 1 saturated heterocycles. The van der Waals surface area contributed by atoms with Gasteiger partial charge in [0.1, 0.15) is 5.56 Å². The first-order chi connectivity index (χ1) is 12.0. The predicted octanol–water partition coefficient (Wildman–Crippen LogP) is 2.27. The van der Waals surface area contributed by atoms with Gasteiger partial charge in [-0.1, -0.05) is 23.2 Å². The molecule has 0 saturated carbocycles. The molecule has 25 heavy (non-hydrogen) atoms. The Hall–Kier alpha value is -2.09. The summed E-state index contributed by atoms with van der Waals surface area (Å²) in [6.45, 7) is 0.712. The highest BCUT2D eigenvalue weighted by atomic mass is 35.5. The molecule has 1 aliphatic heterocycles. The lowest BCUT2D eigenvalue weighted by Crippen LogP contribution is -2.41. The molecule has 1 aliphatic rings. The van der Waals surface area contributed by atoms with Crippen LogP contribution in [0.2, 0.25) is 10.0 Å². The number of aromatic nitrogens is 2. The average molecular weight is 384 g/mol. The molecule has 2 aromatic rings. The lowest BCUT2D eigenvalue weighted by Gasteiger charge is -2.12. The van der Waals surface area contributed by atoms with Crippen molar-refractivity contribution in [3.05, 3.63) is 60.8 Å². The number of halogens is 2. The van der Waals surface area contributed by atoms with Gasteiger partial charge in [-0.2, -0.15) is 0 Å². The Labute approximate surface area is 152 Å². The van der Waals surface area contributed by atoms with Gasteiger partial charge in [-0.05, 0) is 31.0 Å². The van der Waals surface area contributed by atoms with E-state index in [-0.39, 0.29) is 23.2 Å². The molecule has 1 unspecified atom stereocenters. The third-order valence-electron chi connectivity index (χ3n) is 3.89. The summed E-state index contributed by atoms with van der Waals surface area (Å²) in [4.78, 5) is 39.3. The van der Waals surface area contributed by atoms with E-state index in [4.69, 9.17) is 27.9 Å². The number of hydrogen-bond acceptors (Lipinski definition) is 4. The maximum absolute atomic E-state index is 12.5. The van der Waals surface area contributed by atoms with Crippen molar-refractivity contribution in [1.82, 2.24) is 9.55 Å². The maximum Gasteiger partial charge on any atom is 0.328 e. The number of amides is 1. The smallest absolute Gasteiger partial charge is 0.328 e. The van der Waals surface area contributed by atoms with Crippen molar-refractivity contribution >= 4 is 34.8 Å². The predicted molar refractivity (Wildman–Crippen MR) is 94.7 cm³/mol. The Bertz CT molecular complexity index is 916.